The summed E-state index contributed by atoms with van der Waals surface area (Å²) in [5.41, 5.74) is 0.235. The molecule has 1 N–H and O–H groups in total. The van der Waals surface area contributed by atoms with Crippen molar-refractivity contribution < 1.29 is 4.74 Å². The molecule has 6 nitrogen and oxygen atoms in total. The summed E-state index contributed by atoms with van der Waals surface area (Å²) < 4.78 is 4.94. The Morgan fingerprint density at radius 3 is 2.93 bits per heavy atom. The highest BCUT2D eigenvalue weighted by atomic mass is 16.5. The van der Waals surface area contributed by atoms with Crippen molar-refractivity contribution in [3.63, 3.8) is 0 Å². The molecule has 0 unspecified atom stereocenters. The molecule has 0 aliphatic carbocycles. The first-order chi connectivity index (χ1) is 7.26. The van der Waals surface area contributed by atoms with Crippen molar-refractivity contribution in [1.82, 2.24) is 9.97 Å². The zero-order chi connectivity index (χ0) is 10.8. The molecule has 0 amide bonds. The van der Waals surface area contributed by atoms with E-state index < -0.39 is 0 Å². The standard InChI is InChI=1S/C9H7N3O3/c1-15-8-3-6-5(2-7(8)12-14)9(13)11-4-10-6/h2-4H,1H3,(H,10,11,13). The molecule has 0 spiro atoms. The van der Waals surface area contributed by atoms with Crippen molar-refractivity contribution in [1.29, 1.82) is 0 Å². The quantitative estimate of drug-likeness (QED) is 0.749. The summed E-state index contributed by atoms with van der Waals surface area (Å²) in [7, 11) is 1.42. The van der Waals surface area contributed by atoms with Crippen molar-refractivity contribution in [2.24, 2.45) is 5.18 Å². The van der Waals surface area contributed by atoms with Gasteiger partial charge < -0.3 is 9.72 Å². The second-order valence-electron chi connectivity index (χ2n) is 2.86. The van der Waals surface area contributed by atoms with Gasteiger partial charge in [0.05, 0.1) is 24.3 Å². The molecule has 2 rings (SSSR count). The fourth-order valence-corrected chi connectivity index (χ4v) is 1.32. The first kappa shape index (κ1) is 9.32. The van der Waals surface area contributed by atoms with E-state index in [1.54, 1.807) is 0 Å². The molecule has 1 heterocycles. The number of benzene rings is 1. The maximum Gasteiger partial charge on any atom is 0.258 e. The summed E-state index contributed by atoms with van der Waals surface area (Å²) >= 11 is 0. The van der Waals surface area contributed by atoms with Gasteiger partial charge in [0.15, 0.2) is 5.69 Å². The summed E-state index contributed by atoms with van der Waals surface area (Å²) in [6, 6.07) is 2.86. The summed E-state index contributed by atoms with van der Waals surface area (Å²) in [4.78, 5) is 28.2. The van der Waals surface area contributed by atoms with Gasteiger partial charge in [0.1, 0.15) is 5.75 Å². The molecule has 0 bridgehead atoms. The van der Waals surface area contributed by atoms with Gasteiger partial charge in [-0.3, -0.25) is 4.79 Å². The summed E-state index contributed by atoms with van der Waals surface area (Å²) in [6.45, 7) is 0. The Balaban J connectivity index is 2.87. The topological polar surface area (TPSA) is 84.4 Å². The molecule has 2 aromatic rings. The molecule has 1 aromatic carbocycles. The number of aromatic nitrogens is 2. The van der Waals surface area contributed by atoms with E-state index in [1.165, 1.54) is 25.6 Å². The molecule has 0 atom stereocenters. The highest BCUT2D eigenvalue weighted by Gasteiger charge is 2.08. The maximum absolute atomic E-state index is 11.4. The first-order valence-electron chi connectivity index (χ1n) is 4.15. The van der Waals surface area contributed by atoms with Crippen LogP contribution in [0.2, 0.25) is 0 Å². The molecule has 0 aliphatic rings. The van der Waals surface area contributed by atoms with E-state index in [2.05, 4.69) is 15.1 Å². The van der Waals surface area contributed by atoms with Gasteiger partial charge in [-0.05, 0) is 11.2 Å². The number of H-pyrrole nitrogens is 1. The van der Waals surface area contributed by atoms with Crippen LogP contribution < -0.4 is 10.3 Å². The fraction of sp³-hybridized carbons (Fsp3) is 0.111. The molecule has 0 radical (unpaired) electrons. The summed E-state index contributed by atoms with van der Waals surface area (Å²) in [5.74, 6) is 0.301. The number of hydrogen-bond donors (Lipinski definition) is 1. The molecule has 0 saturated heterocycles. The lowest BCUT2D eigenvalue weighted by atomic mass is 10.2. The van der Waals surface area contributed by atoms with Gasteiger partial charge in [0.2, 0.25) is 0 Å². The van der Waals surface area contributed by atoms with E-state index in [-0.39, 0.29) is 11.2 Å². The Morgan fingerprint density at radius 2 is 2.27 bits per heavy atom. The van der Waals surface area contributed by atoms with Gasteiger partial charge in [-0.2, -0.15) is 0 Å². The number of rotatable bonds is 2. The Kier molecular flexibility index (Phi) is 2.17. The smallest absolute Gasteiger partial charge is 0.258 e. The van der Waals surface area contributed by atoms with Crippen molar-refractivity contribution in [2.75, 3.05) is 7.11 Å². The zero-order valence-corrected chi connectivity index (χ0v) is 7.85. The third kappa shape index (κ3) is 1.45. The minimum absolute atomic E-state index is 0.0866. The summed E-state index contributed by atoms with van der Waals surface area (Å²) in [6.07, 6.45) is 1.29. The number of nitrogens with one attached hydrogen (secondary N) is 1. The van der Waals surface area contributed by atoms with Crippen LogP contribution in [0, 0.1) is 4.91 Å². The van der Waals surface area contributed by atoms with E-state index in [9.17, 15) is 9.70 Å². The van der Waals surface area contributed by atoms with Gasteiger partial charge in [0, 0.05) is 6.07 Å². The van der Waals surface area contributed by atoms with Crippen LogP contribution in [0.25, 0.3) is 10.9 Å². The number of ether oxygens (including phenoxy) is 1. The van der Waals surface area contributed by atoms with Crippen LogP contribution in [0.5, 0.6) is 5.75 Å². The molecular formula is C9H7N3O3. The van der Waals surface area contributed by atoms with Crippen LogP contribution in [0.15, 0.2) is 28.4 Å². The average molecular weight is 205 g/mol. The minimum Gasteiger partial charge on any atom is -0.494 e. The fourth-order valence-electron chi connectivity index (χ4n) is 1.32. The third-order valence-corrected chi connectivity index (χ3v) is 2.04. The SMILES string of the molecule is COc1cc2nc[nH]c(=O)c2cc1N=O. The molecule has 0 fully saturated rings. The number of aromatic amines is 1. The third-order valence-electron chi connectivity index (χ3n) is 2.04. The minimum atomic E-state index is -0.312. The van der Waals surface area contributed by atoms with Gasteiger partial charge in [-0.15, -0.1) is 4.91 Å². The van der Waals surface area contributed by atoms with E-state index in [0.29, 0.717) is 16.7 Å². The predicted molar refractivity (Wildman–Crippen MR) is 54.4 cm³/mol. The monoisotopic (exact) mass is 205 g/mol. The van der Waals surface area contributed by atoms with Crippen molar-refractivity contribution in [3.05, 3.63) is 33.7 Å². The molecular weight excluding hydrogens is 198 g/mol. The normalized spacial score (nSPS) is 10.2. The van der Waals surface area contributed by atoms with Gasteiger partial charge in [-0.25, -0.2) is 4.98 Å². The van der Waals surface area contributed by atoms with Gasteiger partial charge >= 0.3 is 0 Å². The Hall–Kier alpha value is -2.24. The molecule has 6 heteroatoms. The highest BCUT2D eigenvalue weighted by Crippen LogP contribution is 2.29. The highest BCUT2D eigenvalue weighted by molar-refractivity contribution is 5.83. The Labute approximate surface area is 83.9 Å². The number of hydrogen-bond acceptors (Lipinski definition) is 5. The van der Waals surface area contributed by atoms with Crippen LogP contribution in [0.3, 0.4) is 0 Å². The number of methoxy groups -OCH3 is 1. The summed E-state index contributed by atoms with van der Waals surface area (Å²) in [5, 5.41) is 3.09. The van der Waals surface area contributed by atoms with Crippen molar-refractivity contribution >= 4 is 16.6 Å². The van der Waals surface area contributed by atoms with Crippen LogP contribution in [-0.4, -0.2) is 17.1 Å². The van der Waals surface area contributed by atoms with Crippen molar-refractivity contribution in [2.45, 2.75) is 0 Å². The largest absolute Gasteiger partial charge is 0.494 e. The van der Waals surface area contributed by atoms with Crippen molar-refractivity contribution in [3.8, 4) is 5.75 Å². The van der Waals surface area contributed by atoms with Gasteiger partial charge in [-0.1, -0.05) is 0 Å². The zero-order valence-electron chi connectivity index (χ0n) is 7.85. The van der Waals surface area contributed by atoms with E-state index in [4.69, 9.17) is 4.74 Å². The van der Waals surface area contributed by atoms with E-state index >= 15 is 0 Å². The first-order valence-corrected chi connectivity index (χ1v) is 4.15. The number of nitrogens with zero attached hydrogens (tertiary/aromatic N) is 2. The second kappa shape index (κ2) is 3.49. The number of fused-ring (bicyclic) bond motifs is 1. The lowest BCUT2D eigenvalue weighted by Crippen LogP contribution is -2.06. The van der Waals surface area contributed by atoms with E-state index in [0.717, 1.165) is 0 Å². The average Bonchev–Trinajstić information content (AvgIpc) is 2.28. The molecule has 0 saturated carbocycles. The van der Waals surface area contributed by atoms with Gasteiger partial charge in [0.25, 0.3) is 5.56 Å². The van der Waals surface area contributed by atoms with Crippen LogP contribution in [0.4, 0.5) is 5.69 Å². The molecule has 1 aromatic heterocycles. The molecule has 76 valence electrons. The molecule has 15 heavy (non-hydrogen) atoms. The Bertz CT molecular complexity index is 576. The number of nitroso groups, excluding NO2 is 1. The molecule has 0 aliphatic heterocycles. The van der Waals surface area contributed by atoms with E-state index in [1.807, 2.05) is 0 Å². The Morgan fingerprint density at radius 1 is 1.47 bits per heavy atom. The second-order valence-corrected chi connectivity index (χ2v) is 2.86. The van der Waals surface area contributed by atoms with Crippen LogP contribution in [0.1, 0.15) is 0 Å². The van der Waals surface area contributed by atoms with Crippen LogP contribution in [-0.2, 0) is 0 Å². The lowest BCUT2D eigenvalue weighted by Gasteiger charge is -2.02. The maximum atomic E-state index is 11.4. The lowest BCUT2D eigenvalue weighted by molar-refractivity contribution is 0.416. The predicted octanol–water partition coefficient (Wildman–Crippen LogP) is 1.33. The van der Waals surface area contributed by atoms with Crippen LogP contribution >= 0.6 is 0 Å².